The highest BCUT2D eigenvalue weighted by Crippen LogP contribution is 2.31. The fourth-order valence-electron chi connectivity index (χ4n) is 1.80. The first kappa shape index (κ1) is 15.4. The van der Waals surface area contributed by atoms with Crippen molar-refractivity contribution in [1.82, 2.24) is 4.98 Å². The molecule has 0 saturated carbocycles. The molecule has 0 atom stereocenters. The summed E-state index contributed by atoms with van der Waals surface area (Å²) in [6.07, 6.45) is 1.90. The summed E-state index contributed by atoms with van der Waals surface area (Å²) >= 11 is 17.9. The van der Waals surface area contributed by atoms with Crippen LogP contribution in [0.25, 0.3) is 0 Å². The zero-order valence-electron chi connectivity index (χ0n) is 11.0. The van der Waals surface area contributed by atoms with Crippen molar-refractivity contribution in [2.75, 3.05) is 0 Å². The maximum absolute atomic E-state index is 6.09. The van der Waals surface area contributed by atoms with Crippen molar-refractivity contribution in [3.8, 4) is 11.6 Å². The monoisotopic (exact) mass is 329 g/mol. The molecule has 0 spiro atoms. The molecule has 0 bridgehead atoms. The number of benzene rings is 1. The summed E-state index contributed by atoms with van der Waals surface area (Å²) in [5, 5.41) is 1.02. The van der Waals surface area contributed by atoms with Crippen molar-refractivity contribution in [2.24, 2.45) is 0 Å². The lowest BCUT2D eigenvalue weighted by Gasteiger charge is -2.10. The van der Waals surface area contributed by atoms with Crippen LogP contribution in [0.2, 0.25) is 10.0 Å². The number of halogens is 3. The molecule has 2 rings (SSSR count). The molecule has 106 valence electrons. The molecule has 0 aliphatic carbocycles. The maximum Gasteiger partial charge on any atom is 0.219 e. The van der Waals surface area contributed by atoms with Gasteiger partial charge in [0.2, 0.25) is 5.88 Å². The topological polar surface area (TPSA) is 22.1 Å². The van der Waals surface area contributed by atoms with Gasteiger partial charge in [0.25, 0.3) is 0 Å². The van der Waals surface area contributed by atoms with E-state index in [1.54, 1.807) is 18.2 Å². The maximum atomic E-state index is 6.09. The van der Waals surface area contributed by atoms with Crippen molar-refractivity contribution in [3.05, 3.63) is 51.6 Å². The van der Waals surface area contributed by atoms with Gasteiger partial charge in [0.05, 0.1) is 5.02 Å². The number of alkyl halides is 1. The Morgan fingerprint density at radius 3 is 2.60 bits per heavy atom. The van der Waals surface area contributed by atoms with Crippen LogP contribution in [0.1, 0.15) is 24.6 Å². The van der Waals surface area contributed by atoms with Crippen molar-refractivity contribution in [2.45, 2.75) is 25.6 Å². The first-order valence-electron chi connectivity index (χ1n) is 6.31. The quantitative estimate of drug-likeness (QED) is 0.639. The third-order valence-electron chi connectivity index (χ3n) is 2.68. The van der Waals surface area contributed by atoms with Gasteiger partial charge < -0.3 is 4.74 Å². The number of aromatic nitrogens is 1. The lowest BCUT2D eigenvalue weighted by atomic mass is 10.2. The highest BCUT2D eigenvalue weighted by molar-refractivity contribution is 6.35. The number of hydrogen-bond donors (Lipinski definition) is 0. The van der Waals surface area contributed by atoms with Gasteiger partial charge in [0, 0.05) is 22.7 Å². The molecule has 0 aliphatic rings. The molecular formula is C15H14Cl3NO. The van der Waals surface area contributed by atoms with E-state index >= 15 is 0 Å². The lowest BCUT2D eigenvalue weighted by molar-refractivity contribution is 0.460. The van der Waals surface area contributed by atoms with Gasteiger partial charge in [-0.1, -0.05) is 36.5 Å². The minimum absolute atomic E-state index is 0.421. The third kappa shape index (κ3) is 4.02. The molecule has 0 unspecified atom stereocenters. The fraction of sp³-hybridized carbons (Fsp3) is 0.267. The van der Waals surface area contributed by atoms with Gasteiger partial charge in [-0.2, -0.15) is 0 Å². The number of nitrogens with zero attached hydrogens (tertiary/aromatic N) is 1. The van der Waals surface area contributed by atoms with E-state index in [-0.39, 0.29) is 0 Å². The molecule has 5 heteroatoms. The van der Waals surface area contributed by atoms with E-state index < -0.39 is 0 Å². The molecule has 1 aromatic heterocycles. The molecule has 0 fully saturated rings. The molecule has 0 aliphatic heterocycles. The summed E-state index contributed by atoms with van der Waals surface area (Å²) in [5.74, 6) is 1.44. The van der Waals surface area contributed by atoms with E-state index in [1.807, 2.05) is 12.1 Å². The van der Waals surface area contributed by atoms with Crippen LogP contribution in [0, 0.1) is 0 Å². The van der Waals surface area contributed by atoms with Crippen molar-refractivity contribution in [1.29, 1.82) is 0 Å². The van der Waals surface area contributed by atoms with Crippen molar-refractivity contribution in [3.63, 3.8) is 0 Å². The molecule has 1 aromatic carbocycles. The van der Waals surface area contributed by atoms with Crippen LogP contribution in [0.15, 0.2) is 30.3 Å². The van der Waals surface area contributed by atoms with E-state index in [4.69, 9.17) is 39.5 Å². The Morgan fingerprint density at radius 1 is 1.15 bits per heavy atom. The Bertz CT molecular complexity index is 602. The van der Waals surface area contributed by atoms with E-state index in [0.29, 0.717) is 27.6 Å². The predicted molar refractivity (Wildman–Crippen MR) is 84.3 cm³/mol. The fourth-order valence-corrected chi connectivity index (χ4v) is 2.41. The largest absolute Gasteiger partial charge is 0.437 e. The van der Waals surface area contributed by atoms with E-state index in [0.717, 1.165) is 24.1 Å². The summed E-state index contributed by atoms with van der Waals surface area (Å²) in [6.45, 7) is 2.10. The Labute approximate surface area is 133 Å². The van der Waals surface area contributed by atoms with Crippen LogP contribution >= 0.6 is 34.8 Å². The Hall–Kier alpha value is -0.960. The number of hydrogen-bond acceptors (Lipinski definition) is 2. The molecule has 1 heterocycles. The normalized spacial score (nSPS) is 10.6. The summed E-state index contributed by atoms with van der Waals surface area (Å²) in [4.78, 5) is 4.46. The number of aryl methyl sites for hydroxylation is 1. The SMILES string of the molecule is CCCc1cc(CCl)cc(Oc2ccc(Cl)cc2Cl)n1. The molecule has 0 amide bonds. The summed E-state index contributed by atoms with van der Waals surface area (Å²) < 4.78 is 5.73. The smallest absolute Gasteiger partial charge is 0.219 e. The number of pyridine rings is 1. The van der Waals surface area contributed by atoms with Crippen molar-refractivity contribution >= 4 is 34.8 Å². The molecule has 0 radical (unpaired) electrons. The minimum Gasteiger partial charge on any atom is -0.437 e. The van der Waals surface area contributed by atoms with E-state index in [2.05, 4.69) is 11.9 Å². The van der Waals surface area contributed by atoms with Crippen LogP contribution in [-0.4, -0.2) is 4.98 Å². The Kier molecular flexibility index (Phi) is 5.53. The van der Waals surface area contributed by atoms with E-state index in [9.17, 15) is 0 Å². The average Bonchev–Trinajstić information content (AvgIpc) is 2.42. The van der Waals surface area contributed by atoms with Gasteiger partial charge in [-0.05, 0) is 36.2 Å². The van der Waals surface area contributed by atoms with Gasteiger partial charge >= 0.3 is 0 Å². The van der Waals surface area contributed by atoms with Gasteiger partial charge in [-0.3, -0.25) is 0 Å². The Balaban J connectivity index is 2.29. The highest BCUT2D eigenvalue weighted by Gasteiger charge is 2.08. The number of rotatable bonds is 5. The Morgan fingerprint density at radius 2 is 1.95 bits per heavy atom. The van der Waals surface area contributed by atoms with Gasteiger partial charge in [0.15, 0.2) is 0 Å². The molecule has 2 nitrogen and oxygen atoms in total. The van der Waals surface area contributed by atoms with Crippen LogP contribution < -0.4 is 4.74 Å². The number of ether oxygens (including phenoxy) is 1. The molecule has 0 N–H and O–H groups in total. The standard InChI is InChI=1S/C15H14Cl3NO/c1-2-3-12-6-10(9-16)7-15(19-12)20-14-5-4-11(17)8-13(14)18/h4-8H,2-3,9H2,1H3. The van der Waals surface area contributed by atoms with E-state index in [1.165, 1.54) is 0 Å². The second-order valence-corrected chi connectivity index (χ2v) is 5.48. The zero-order valence-corrected chi connectivity index (χ0v) is 13.3. The lowest BCUT2D eigenvalue weighted by Crippen LogP contribution is -1.96. The summed E-state index contributed by atoms with van der Waals surface area (Å²) in [6, 6.07) is 8.89. The minimum atomic E-state index is 0.421. The molecule has 20 heavy (non-hydrogen) atoms. The predicted octanol–water partition coefficient (Wildman–Crippen LogP) is 5.87. The second-order valence-electron chi connectivity index (χ2n) is 4.37. The molecule has 2 aromatic rings. The summed E-state index contributed by atoms with van der Waals surface area (Å²) in [5.41, 5.74) is 1.94. The average molecular weight is 331 g/mol. The van der Waals surface area contributed by atoms with Crippen LogP contribution in [0.3, 0.4) is 0 Å². The van der Waals surface area contributed by atoms with Gasteiger partial charge in [-0.15, -0.1) is 11.6 Å². The van der Waals surface area contributed by atoms with Crippen LogP contribution in [0.5, 0.6) is 11.6 Å². The van der Waals surface area contributed by atoms with Gasteiger partial charge in [0.1, 0.15) is 5.75 Å². The van der Waals surface area contributed by atoms with Crippen LogP contribution in [-0.2, 0) is 12.3 Å². The second kappa shape index (κ2) is 7.16. The van der Waals surface area contributed by atoms with Crippen LogP contribution in [0.4, 0.5) is 0 Å². The first-order chi connectivity index (χ1) is 9.62. The van der Waals surface area contributed by atoms with Gasteiger partial charge in [-0.25, -0.2) is 4.98 Å². The first-order valence-corrected chi connectivity index (χ1v) is 7.60. The molecule has 0 saturated heterocycles. The van der Waals surface area contributed by atoms with Crippen molar-refractivity contribution < 1.29 is 4.74 Å². The highest BCUT2D eigenvalue weighted by atomic mass is 35.5. The zero-order chi connectivity index (χ0) is 14.5. The third-order valence-corrected chi connectivity index (χ3v) is 3.52. The molecular weight excluding hydrogens is 317 g/mol. The summed E-state index contributed by atoms with van der Waals surface area (Å²) in [7, 11) is 0.